The minimum absolute atomic E-state index is 0.380. The monoisotopic (exact) mass is 669 g/mol. The predicted molar refractivity (Wildman–Crippen MR) is 165 cm³/mol. The van der Waals surface area contributed by atoms with Crippen molar-refractivity contribution in [3.8, 4) is 0 Å². The Hall–Kier alpha value is -4.32. The highest BCUT2D eigenvalue weighted by molar-refractivity contribution is 5.94. The van der Waals surface area contributed by atoms with E-state index in [9.17, 15) is 54.3 Å². The SMILES string of the molecule is CC[C@H](C)[C@H](NC(=O)OC(C)(C)C)C(=O)N[C@@H](CC(N)=O)C(=O)N[C@@H](CO)[C@@H](O)[C@@H](O)[C@H](O)C(=O)N[C@@H](CC(=O)O)c1ccccc1. The summed E-state index contributed by atoms with van der Waals surface area (Å²) in [6.45, 7) is 7.21. The first-order valence-electron chi connectivity index (χ1n) is 14.9. The van der Waals surface area contributed by atoms with E-state index in [1.54, 1.807) is 52.8 Å². The second-order valence-corrected chi connectivity index (χ2v) is 12.0. The fourth-order valence-electron chi connectivity index (χ4n) is 4.28. The van der Waals surface area contributed by atoms with Crippen molar-refractivity contribution in [1.82, 2.24) is 21.3 Å². The molecule has 0 unspecified atom stereocenters. The second-order valence-electron chi connectivity index (χ2n) is 12.0. The van der Waals surface area contributed by atoms with Crippen LogP contribution in [0.2, 0.25) is 0 Å². The largest absolute Gasteiger partial charge is 0.481 e. The van der Waals surface area contributed by atoms with Crippen LogP contribution in [0.5, 0.6) is 0 Å². The minimum Gasteiger partial charge on any atom is -0.481 e. The Balaban J connectivity index is 3.07. The molecule has 0 saturated heterocycles. The number of hydrogen-bond acceptors (Lipinski definition) is 11. The van der Waals surface area contributed by atoms with Crippen molar-refractivity contribution < 1.29 is 59.0 Å². The molecule has 47 heavy (non-hydrogen) atoms. The van der Waals surface area contributed by atoms with Crippen molar-refractivity contribution in [1.29, 1.82) is 0 Å². The van der Waals surface area contributed by atoms with Crippen molar-refractivity contribution in [3.05, 3.63) is 35.9 Å². The number of nitrogens with two attached hydrogens (primary N) is 1. The van der Waals surface area contributed by atoms with Gasteiger partial charge in [0.1, 0.15) is 29.9 Å². The number of amides is 5. The average molecular weight is 670 g/mol. The molecule has 0 spiro atoms. The van der Waals surface area contributed by atoms with Gasteiger partial charge >= 0.3 is 12.1 Å². The van der Waals surface area contributed by atoms with Gasteiger partial charge in [-0.25, -0.2) is 4.79 Å². The Morgan fingerprint density at radius 2 is 1.45 bits per heavy atom. The van der Waals surface area contributed by atoms with Crippen LogP contribution in [0, 0.1) is 5.92 Å². The number of alkyl carbamates (subject to hydrolysis) is 1. The minimum atomic E-state index is -2.35. The number of benzene rings is 1. The van der Waals surface area contributed by atoms with E-state index in [1.165, 1.54) is 12.1 Å². The smallest absolute Gasteiger partial charge is 0.408 e. The van der Waals surface area contributed by atoms with E-state index in [4.69, 9.17) is 10.5 Å². The molecule has 1 rings (SSSR count). The normalized spacial score (nSPS) is 16.5. The number of aliphatic hydroxyl groups excluding tert-OH is 4. The van der Waals surface area contributed by atoms with Crippen LogP contribution < -0.4 is 27.0 Å². The highest BCUT2D eigenvalue weighted by atomic mass is 16.6. The quantitative estimate of drug-likeness (QED) is 0.0827. The van der Waals surface area contributed by atoms with Crippen molar-refractivity contribution in [2.75, 3.05) is 6.61 Å². The van der Waals surface area contributed by atoms with Gasteiger partial charge in [-0.2, -0.15) is 0 Å². The third-order valence-corrected chi connectivity index (χ3v) is 6.98. The van der Waals surface area contributed by atoms with E-state index < -0.39 is 109 Å². The fraction of sp³-hybridized carbons (Fsp3) is 0.600. The number of carboxylic acid groups (broad SMARTS) is 1. The first kappa shape index (κ1) is 40.7. The van der Waals surface area contributed by atoms with Gasteiger partial charge in [-0.15, -0.1) is 0 Å². The molecule has 17 nitrogen and oxygen atoms in total. The zero-order valence-corrected chi connectivity index (χ0v) is 27.0. The maximum Gasteiger partial charge on any atom is 0.408 e. The third kappa shape index (κ3) is 13.9. The number of nitrogens with one attached hydrogen (secondary N) is 4. The molecular formula is C30H47N5O12. The summed E-state index contributed by atoms with van der Waals surface area (Å²) in [5.74, 6) is -6.05. The summed E-state index contributed by atoms with van der Waals surface area (Å²) in [6, 6.07) is 2.15. The lowest BCUT2D eigenvalue weighted by Gasteiger charge is -2.31. The van der Waals surface area contributed by atoms with Gasteiger partial charge in [0.15, 0.2) is 6.10 Å². The zero-order valence-electron chi connectivity index (χ0n) is 27.0. The van der Waals surface area contributed by atoms with Crippen molar-refractivity contribution in [2.45, 2.75) is 102 Å². The highest BCUT2D eigenvalue weighted by Gasteiger charge is 2.38. The number of ether oxygens (including phenoxy) is 1. The lowest BCUT2D eigenvalue weighted by molar-refractivity contribution is -0.145. The van der Waals surface area contributed by atoms with E-state index in [2.05, 4.69) is 21.3 Å². The molecule has 0 aliphatic carbocycles. The van der Waals surface area contributed by atoms with Crippen molar-refractivity contribution >= 4 is 35.7 Å². The summed E-state index contributed by atoms with van der Waals surface area (Å²) in [7, 11) is 0. The predicted octanol–water partition coefficient (Wildman–Crippen LogP) is -1.82. The molecule has 0 radical (unpaired) electrons. The van der Waals surface area contributed by atoms with E-state index in [-0.39, 0.29) is 0 Å². The Morgan fingerprint density at radius 1 is 0.851 bits per heavy atom. The lowest BCUT2D eigenvalue weighted by atomic mass is 9.97. The maximum atomic E-state index is 13.2. The van der Waals surface area contributed by atoms with Crippen LogP contribution in [0.15, 0.2) is 30.3 Å². The average Bonchev–Trinajstić information content (AvgIpc) is 2.99. The Morgan fingerprint density at radius 3 is 1.94 bits per heavy atom. The Labute approximate surface area is 272 Å². The number of carbonyl (C=O) groups is 6. The summed E-state index contributed by atoms with van der Waals surface area (Å²) >= 11 is 0. The number of aliphatic carboxylic acids is 1. The number of rotatable bonds is 18. The van der Waals surface area contributed by atoms with Gasteiger partial charge in [0.25, 0.3) is 5.91 Å². The van der Waals surface area contributed by atoms with Crippen LogP contribution in [0.1, 0.15) is 65.5 Å². The molecule has 1 aromatic rings. The van der Waals surface area contributed by atoms with Crippen LogP contribution in [0.3, 0.4) is 0 Å². The summed E-state index contributed by atoms with van der Waals surface area (Å²) in [4.78, 5) is 74.5. The third-order valence-electron chi connectivity index (χ3n) is 6.98. The number of carboxylic acids is 1. The molecule has 0 saturated carbocycles. The summed E-state index contributed by atoms with van der Waals surface area (Å²) < 4.78 is 5.20. The van der Waals surface area contributed by atoms with E-state index in [0.717, 1.165) is 0 Å². The molecule has 1 aromatic carbocycles. The van der Waals surface area contributed by atoms with E-state index in [1.807, 2.05) is 0 Å². The number of hydrogen-bond donors (Lipinski definition) is 10. The first-order chi connectivity index (χ1) is 21.8. The number of carbonyl (C=O) groups excluding carboxylic acids is 5. The molecule has 0 bridgehead atoms. The lowest BCUT2D eigenvalue weighted by Crippen LogP contribution is -2.61. The van der Waals surface area contributed by atoms with Gasteiger partial charge in [-0.3, -0.25) is 24.0 Å². The van der Waals surface area contributed by atoms with Crippen LogP contribution in [0.25, 0.3) is 0 Å². The number of aliphatic hydroxyl groups is 4. The molecule has 0 aromatic heterocycles. The molecule has 0 aliphatic heterocycles. The van der Waals surface area contributed by atoms with Crippen LogP contribution in [0.4, 0.5) is 4.79 Å². The zero-order chi connectivity index (χ0) is 36.1. The maximum absolute atomic E-state index is 13.2. The van der Waals surface area contributed by atoms with Crippen molar-refractivity contribution in [3.63, 3.8) is 0 Å². The van der Waals surface area contributed by atoms with Crippen LogP contribution in [-0.2, 0) is 28.7 Å². The molecule has 264 valence electrons. The molecule has 8 atom stereocenters. The summed E-state index contributed by atoms with van der Waals surface area (Å²) in [5, 5.41) is 60.0. The molecule has 11 N–H and O–H groups in total. The highest BCUT2D eigenvalue weighted by Crippen LogP contribution is 2.18. The van der Waals surface area contributed by atoms with Gasteiger partial charge in [-0.05, 0) is 32.3 Å². The van der Waals surface area contributed by atoms with E-state index in [0.29, 0.717) is 12.0 Å². The molecule has 0 fully saturated rings. The van der Waals surface area contributed by atoms with Crippen LogP contribution in [-0.4, -0.2) is 110 Å². The van der Waals surface area contributed by atoms with E-state index >= 15 is 0 Å². The topological polar surface area (TPSA) is 287 Å². The van der Waals surface area contributed by atoms with Gasteiger partial charge in [0, 0.05) is 0 Å². The van der Waals surface area contributed by atoms with Gasteiger partial charge in [0.05, 0.1) is 31.5 Å². The van der Waals surface area contributed by atoms with Gasteiger partial charge in [-0.1, -0.05) is 50.6 Å². The van der Waals surface area contributed by atoms with Crippen molar-refractivity contribution in [2.24, 2.45) is 11.7 Å². The van der Waals surface area contributed by atoms with Gasteiger partial charge in [0.2, 0.25) is 17.7 Å². The molecular weight excluding hydrogens is 622 g/mol. The fourth-order valence-corrected chi connectivity index (χ4v) is 4.28. The molecule has 0 heterocycles. The summed E-state index contributed by atoms with van der Waals surface area (Å²) in [5.41, 5.74) is 4.76. The van der Waals surface area contributed by atoms with Gasteiger partial charge < -0.3 is 57.3 Å². The molecule has 17 heteroatoms. The molecule has 0 aliphatic rings. The number of primary amides is 1. The standard InChI is InChI=1S/C30H47N5O12/c1-6-15(2)22(35-29(46)47-30(3,4)5)27(44)33-18(12-20(31)37)26(43)34-19(14-36)23(40)24(41)25(42)28(45)32-17(13-21(38)39)16-10-8-7-9-11-16/h7-11,15,17-19,22-25,36,40-42H,6,12-14H2,1-5H3,(H2,31,37)(H,32,45)(H,33,44)(H,34,43)(H,35,46)(H,38,39)/t15-,17-,18-,19-,22-,23+,24+,25-/m0/s1. The molecule has 5 amide bonds. The van der Waals surface area contributed by atoms with Crippen LogP contribution >= 0.6 is 0 Å². The second kappa shape index (κ2) is 18.7. The first-order valence-corrected chi connectivity index (χ1v) is 14.9. The summed E-state index contributed by atoms with van der Waals surface area (Å²) in [6.07, 6.45) is -8.68. The Bertz CT molecular complexity index is 1230. The Kier molecular flexibility index (Phi) is 16.2.